The first-order chi connectivity index (χ1) is 7.84. The topological polar surface area (TPSA) is 64.1 Å². The summed E-state index contributed by atoms with van der Waals surface area (Å²) in [7, 11) is 0. The number of benzene rings is 1. The molecule has 1 N–H and O–H groups in total. The van der Waals surface area contributed by atoms with Gasteiger partial charge < -0.3 is 10.1 Å². The first-order valence-electron chi connectivity index (χ1n) is 4.73. The second-order valence-electron chi connectivity index (χ2n) is 3.30. The maximum absolute atomic E-state index is 11.7. The van der Waals surface area contributed by atoms with Gasteiger partial charge in [0.1, 0.15) is 17.7 Å². The summed E-state index contributed by atoms with van der Waals surface area (Å²) < 4.78 is 5.20. The van der Waals surface area contributed by atoms with Crippen molar-refractivity contribution in [1.29, 1.82) is 0 Å². The standard InChI is InChI=1S/C11H7N3O2/c15-11-7-5-12-6-13-10(7)14-8-3-1-2-4-9(8)16-11/h1-6H,(H,12,13,14). The predicted octanol–water partition coefficient (Wildman–Crippen LogP) is 1.75. The van der Waals surface area contributed by atoms with Crippen LogP contribution >= 0.6 is 0 Å². The number of ether oxygens (including phenoxy) is 1. The van der Waals surface area contributed by atoms with Crippen LogP contribution in [0.4, 0.5) is 11.5 Å². The first-order valence-corrected chi connectivity index (χ1v) is 4.73. The molecule has 1 aliphatic rings. The van der Waals surface area contributed by atoms with Crippen LogP contribution in [0, 0.1) is 0 Å². The van der Waals surface area contributed by atoms with E-state index in [0.717, 1.165) is 0 Å². The molecule has 0 radical (unpaired) electrons. The normalized spacial score (nSPS) is 12.9. The molecule has 0 amide bonds. The summed E-state index contributed by atoms with van der Waals surface area (Å²) in [6.07, 6.45) is 2.82. The Bertz CT molecular complexity index is 569. The molecule has 0 unspecified atom stereocenters. The third-order valence-corrected chi connectivity index (χ3v) is 2.27. The monoisotopic (exact) mass is 213 g/mol. The minimum absolute atomic E-state index is 0.332. The Balaban J connectivity index is 2.18. The molecule has 0 atom stereocenters. The van der Waals surface area contributed by atoms with Gasteiger partial charge in [0.2, 0.25) is 0 Å². The van der Waals surface area contributed by atoms with Crippen LogP contribution in [0.2, 0.25) is 0 Å². The molecule has 0 saturated carbocycles. The van der Waals surface area contributed by atoms with E-state index in [2.05, 4.69) is 15.3 Å². The van der Waals surface area contributed by atoms with Crippen molar-refractivity contribution in [3.8, 4) is 5.75 Å². The van der Waals surface area contributed by atoms with Gasteiger partial charge in [-0.05, 0) is 12.1 Å². The van der Waals surface area contributed by atoms with E-state index in [0.29, 0.717) is 22.8 Å². The number of rotatable bonds is 0. The van der Waals surface area contributed by atoms with Gasteiger partial charge in [0.05, 0.1) is 5.69 Å². The molecule has 2 aromatic rings. The lowest BCUT2D eigenvalue weighted by Crippen LogP contribution is -2.08. The van der Waals surface area contributed by atoms with E-state index in [1.54, 1.807) is 12.1 Å². The van der Waals surface area contributed by atoms with Crippen LogP contribution in [0.3, 0.4) is 0 Å². The highest BCUT2D eigenvalue weighted by Gasteiger charge is 2.21. The molecule has 0 fully saturated rings. The zero-order chi connectivity index (χ0) is 11.0. The van der Waals surface area contributed by atoms with Crippen molar-refractivity contribution in [1.82, 2.24) is 9.97 Å². The molecule has 3 rings (SSSR count). The van der Waals surface area contributed by atoms with Crippen molar-refractivity contribution >= 4 is 17.5 Å². The number of fused-ring (bicyclic) bond motifs is 2. The predicted molar refractivity (Wildman–Crippen MR) is 56.7 cm³/mol. The SMILES string of the molecule is O=C1Oc2ccccc2Nc2ncncc21. The van der Waals surface area contributed by atoms with Gasteiger partial charge in [-0.25, -0.2) is 14.8 Å². The van der Waals surface area contributed by atoms with Crippen LogP contribution in [0.1, 0.15) is 10.4 Å². The van der Waals surface area contributed by atoms with Gasteiger partial charge in [0.25, 0.3) is 0 Å². The Morgan fingerprint density at radius 3 is 3.06 bits per heavy atom. The van der Waals surface area contributed by atoms with E-state index in [-0.39, 0.29) is 0 Å². The van der Waals surface area contributed by atoms with Crippen molar-refractivity contribution in [3.05, 3.63) is 42.4 Å². The van der Waals surface area contributed by atoms with Gasteiger partial charge in [0, 0.05) is 6.20 Å². The summed E-state index contributed by atoms with van der Waals surface area (Å²) >= 11 is 0. The number of nitrogens with one attached hydrogen (secondary N) is 1. The van der Waals surface area contributed by atoms with Crippen LogP contribution in [-0.2, 0) is 0 Å². The number of carbonyl (C=O) groups is 1. The summed E-state index contributed by atoms with van der Waals surface area (Å²) in [5, 5.41) is 3.04. The molecule has 0 spiro atoms. The Morgan fingerprint density at radius 1 is 1.25 bits per heavy atom. The highest BCUT2D eigenvalue weighted by molar-refractivity contribution is 5.98. The Labute approximate surface area is 91.1 Å². The zero-order valence-corrected chi connectivity index (χ0v) is 8.18. The number of esters is 1. The number of nitrogens with zero attached hydrogens (tertiary/aromatic N) is 2. The molecule has 1 aliphatic heterocycles. The lowest BCUT2D eigenvalue weighted by atomic mass is 10.3. The number of carbonyl (C=O) groups excluding carboxylic acids is 1. The molecule has 16 heavy (non-hydrogen) atoms. The third kappa shape index (κ3) is 1.30. The van der Waals surface area contributed by atoms with Gasteiger partial charge in [-0.2, -0.15) is 0 Å². The molecule has 0 aliphatic carbocycles. The summed E-state index contributed by atoms with van der Waals surface area (Å²) in [5.74, 6) is 0.503. The fraction of sp³-hybridized carbons (Fsp3) is 0. The molecular formula is C11H7N3O2. The van der Waals surface area contributed by atoms with Gasteiger partial charge in [0.15, 0.2) is 5.75 Å². The molecular weight excluding hydrogens is 206 g/mol. The van der Waals surface area contributed by atoms with Crippen molar-refractivity contribution in [2.24, 2.45) is 0 Å². The number of hydrogen-bond acceptors (Lipinski definition) is 5. The minimum Gasteiger partial charge on any atom is -0.421 e. The second-order valence-corrected chi connectivity index (χ2v) is 3.30. The van der Waals surface area contributed by atoms with Gasteiger partial charge in [-0.1, -0.05) is 12.1 Å². The maximum Gasteiger partial charge on any atom is 0.348 e. The third-order valence-electron chi connectivity index (χ3n) is 2.27. The number of anilines is 2. The van der Waals surface area contributed by atoms with Crippen LogP contribution in [0.25, 0.3) is 0 Å². The van der Waals surface area contributed by atoms with Gasteiger partial charge >= 0.3 is 5.97 Å². The minimum atomic E-state index is -0.451. The summed E-state index contributed by atoms with van der Waals surface area (Å²) in [6, 6.07) is 7.20. The summed E-state index contributed by atoms with van der Waals surface area (Å²) in [5.41, 5.74) is 1.05. The van der Waals surface area contributed by atoms with E-state index in [9.17, 15) is 4.79 Å². The van der Waals surface area contributed by atoms with Crippen LogP contribution in [0.15, 0.2) is 36.8 Å². The maximum atomic E-state index is 11.7. The molecule has 78 valence electrons. The Morgan fingerprint density at radius 2 is 2.12 bits per heavy atom. The molecule has 5 nitrogen and oxygen atoms in total. The molecule has 1 aromatic carbocycles. The highest BCUT2D eigenvalue weighted by Crippen LogP contribution is 2.31. The summed E-state index contributed by atoms with van der Waals surface area (Å²) in [4.78, 5) is 19.5. The number of aromatic nitrogens is 2. The molecule has 0 saturated heterocycles. The second kappa shape index (κ2) is 3.30. The lowest BCUT2D eigenvalue weighted by molar-refractivity contribution is 0.0738. The van der Waals surface area contributed by atoms with Crippen molar-refractivity contribution < 1.29 is 9.53 Å². The van der Waals surface area contributed by atoms with E-state index in [1.807, 2.05) is 12.1 Å². The van der Waals surface area contributed by atoms with Crippen LogP contribution in [0.5, 0.6) is 5.75 Å². The van der Waals surface area contributed by atoms with Crippen LogP contribution < -0.4 is 10.1 Å². The number of para-hydroxylation sites is 2. The fourth-order valence-electron chi connectivity index (χ4n) is 1.52. The van der Waals surface area contributed by atoms with E-state index in [4.69, 9.17) is 4.74 Å². The molecule has 2 heterocycles. The van der Waals surface area contributed by atoms with Crippen molar-refractivity contribution in [2.45, 2.75) is 0 Å². The number of hydrogen-bond donors (Lipinski definition) is 1. The zero-order valence-electron chi connectivity index (χ0n) is 8.18. The smallest absolute Gasteiger partial charge is 0.348 e. The summed E-state index contributed by atoms with van der Waals surface area (Å²) in [6.45, 7) is 0. The Hall–Kier alpha value is -2.43. The van der Waals surface area contributed by atoms with Crippen LogP contribution in [-0.4, -0.2) is 15.9 Å². The average molecular weight is 213 g/mol. The molecule has 0 bridgehead atoms. The fourth-order valence-corrected chi connectivity index (χ4v) is 1.52. The largest absolute Gasteiger partial charge is 0.421 e. The lowest BCUT2D eigenvalue weighted by Gasteiger charge is -2.04. The molecule has 5 heteroatoms. The van der Waals surface area contributed by atoms with Crippen molar-refractivity contribution in [2.75, 3.05) is 5.32 Å². The average Bonchev–Trinajstić information content (AvgIpc) is 2.45. The van der Waals surface area contributed by atoms with Gasteiger partial charge in [-0.15, -0.1) is 0 Å². The highest BCUT2D eigenvalue weighted by atomic mass is 16.5. The molecule has 1 aromatic heterocycles. The quantitative estimate of drug-likeness (QED) is 0.533. The first kappa shape index (κ1) is 8.84. The van der Waals surface area contributed by atoms with E-state index in [1.165, 1.54) is 12.5 Å². The Kier molecular flexibility index (Phi) is 1.83. The van der Waals surface area contributed by atoms with E-state index < -0.39 is 5.97 Å². The van der Waals surface area contributed by atoms with E-state index >= 15 is 0 Å². The van der Waals surface area contributed by atoms with Gasteiger partial charge in [-0.3, -0.25) is 0 Å². The van der Waals surface area contributed by atoms with Crippen molar-refractivity contribution in [3.63, 3.8) is 0 Å².